The van der Waals surface area contributed by atoms with Crippen LogP contribution in [-0.4, -0.2) is 9.38 Å². The number of rotatable bonds is 3. The second kappa shape index (κ2) is 4.07. The molecule has 0 amide bonds. The Hall–Kier alpha value is -2.07. The van der Waals surface area contributed by atoms with E-state index in [0.717, 1.165) is 22.7 Å². The van der Waals surface area contributed by atoms with Gasteiger partial charge in [0.25, 0.3) is 0 Å². The van der Waals surface area contributed by atoms with Gasteiger partial charge in [-0.2, -0.15) is 0 Å². The second-order valence-corrected chi connectivity index (χ2v) is 3.96. The van der Waals surface area contributed by atoms with Crippen molar-refractivity contribution in [1.82, 2.24) is 9.38 Å². The van der Waals surface area contributed by atoms with E-state index in [1.165, 1.54) is 0 Å². The number of nitrogens with two attached hydrogens (primary N) is 1. The van der Waals surface area contributed by atoms with E-state index in [4.69, 9.17) is 10.2 Å². The molecule has 0 aromatic carbocycles. The standard InChI is InChI=1S/C13H13N3O/c14-8-10-3-4-16-11(6-10)9-15-13(16)7-12-2-1-5-17-12/h1-6,9H,7-8,14H2. The number of hydrogen-bond donors (Lipinski definition) is 1. The third kappa shape index (κ3) is 1.83. The minimum atomic E-state index is 0.551. The van der Waals surface area contributed by atoms with Crippen LogP contribution in [0.2, 0.25) is 0 Å². The van der Waals surface area contributed by atoms with Crippen molar-refractivity contribution in [2.24, 2.45) is 5.73 Å². The maximum absolute atomic E-state index is 5.61. The largest absolute Gasteiger partial charge is 0.469 e. The van der Waals surface area contributed by atoms with Gasteiger partial charge in [0, 0.05) is 12.7 Å². The summed E-state index contributed by atoms with van der Waals surface area (Å²) in [6.07, 6.45) is 6.24. The quantitative estimate of drug-likeness (QED) is 0.744. The summed E-state index contributed by atoms with van der Waals surface area (Å²) < 4.78 is 7.38. The highest BCUT2D eigenvalue weighted by Crippen LogP contribution is 2.13. The van der Waals surface area contributed by atoms with Gasteiger partial charge in [-0.05, 0) is 29.8 Å². The van der Waals surface area contributed by atoms with Gasteiger partial charge in [0.15, 0.2) is 0 Å². The first-order valence-electron chi connectivity index (χ1n) is 5.54. The van der Waals surface area contributed by atoms with Gasteiger partial charge in [0.05, 0.1) is 24.4 Å². The van der Waals surface area contributed by atoms with Crippen LogP contribution in [0.4, 0.5) is 0 Å². The molecule has 0 aliphatic heterocycles. The van der Waals surface area contributed by atoms with Crippen LogP contribution >= 0.6 is 0 Å². The van der Waals surface area contributed by atoms with E-state index < -0.39 is 0 Å². The zero-order valence-corrected chi connectivity index (χ0v) is 9.34. The van der Waals surface area contributed by atoms with E-state index in [0.29, 0.717) is 13.0 Å². The van der Waals surface area contributed by atoms with E-state index in [-0.39, 0.29) is 0 Å². The molecule has 0 aliphatic rings. The van der Waals surface area contributed by atoms with E-state index >= 15 is 0 Å². The highest BCUT2D eigenvalue weighted by molar-refractivity contribution is 5.48. The summed E-state index contributed by atoms with van der Waals surface area (Å²) >= 11 is 0. The van der Waals surface area contributed by atoms with Crippen molar-refractivity contribution in [3.8, 4) is 0 Å². The molecule has 3 heterocycles. The van der Waals surface area contributed by atoms with Gasteiger partial charge in [-0.25, -0.2) is 4.98 Å². The Bertz CT molecular complexity index is 625. The van der Waals surface area contributed by atoms with Crippen LogP contribution in [0.5, 0.6) is 0 Å². The summed E-state index contributed by atoms with van der Waals surface area (Å²) in [5.74, 6) is 1.89. The molecular weight excluding hydrogens is 214 g/mol. The van der Waals surface area contributed by atoms with Crippen molar-refractivity contribution < 1.29 is 4.42 Å². The molecule has 3 aromatic heterocycles. The van der Waals surface area contributed by atoms with Crippen LogP contribution in [0.15, 0.2) is 47.3 Å². The first kappa shape index (κ1) is 10.1. The summed E-state index contributed by atoms with van der Waals surface area (Å²) in [5.41, 5.74) is 7.79. The molecule has 2 N–H and O–H groups in total. The highest BCUT2D eigenvalue weighted by Gasteiger charge is 2.06. The lowest BCUT2D eigenvalue weighted by Gasteiger charge is -2.01. The molecule has 4 heteroatoms. The molecule has 0 saturated carbocycles. The number of furan rings is 1. The van der Waals surface area contributed by atoms with E-state index in [1.807, 2.05) is 30.6 Å². The summed E-state index contributed by atoms with van der Waals surface area (Å²) in [7, 11) is 0. The van der Waals surface area contributed by atoms with Crippen molar-refractivity contribution in [2.45, 2.75) is 13.0 Å². The highest BCUT2D eigenvalue weighted by atomic mass is 16.3. The molecule has 86 valence electrons. The predicted octanol–water partition coefficient (Wildman–Crippen LogP) is 1.98. The third-order valence-electron chi connectivity index (χ3n) is 2.82. The molecule has 0 spiro atoms. The number of fused-ring (bicyclic) bond motifs is 1. The lowest BCUT2D eigenvalue weighted by molar-refractivity contribution is 0.516. The molecule has 0 bridgehead atoms. The molecule has 17 heavy (non-hydrogen) atoms. The molecular formula is C13H13N3O. The van der Waals surface area contributed by atoms with E-state index in [9.17, 15) is 0 Å². The fraction of sp³-hybridized carbons (Fsp3) is 0.154. The van der Waals surface area contributed by atoms with Gasteiger partial charge in [0.1, 0.15) is 11.6 Å². The summed E-state index contributed by atoms with van der Waals surface area (Å²) in [5, 5.41) is 0. The number of pyridine rings is 1. The molecule has 0 radical (unpaired) electrons. The minimum absolute atomic E-state index is 0.551. The van der Waals surface area contributed by atoms with Crippen LogP contribution in [0.25, 0.3) is 5.52 Å². The fourth-order valence-electron chi connectivity index (χ4n) is 1.93. The Balaban J connectivity index is 2.00. The van der Waals surface area contributed by atoms with Crippen molar-refractivity contribution in [3.63, 3.8) is 0 Å². The lowest BCUT2D eigenvalue weighted by atomic mass is 10.2. The van der Waals surface area contributed by atoms with Crippen LogP contribution in [0, 0.1) is 0 Å². The van der Waals surface area contributed by atoms with Gasteiger partial charge in [-0.3, -0.25) is 0 Å². The average Bonchev–Trinajstić information content (AvgIpc) is 2.99. The maximum atomic E-state index is 5.61. The van der Waals surface area contributed by atoms with Gasteiger partial charge >= 0.3 is 0 Å². The Kier molecular flexibility index (Phi) is 2.42. The molecule has 0 fully saturated rings. The minimum Gasteiger partial charge on any atom is -0.469 e. The lowest BCUT2D eigenvalue weighted by Crippen LogP contribution is -1.99. The third-order valence-corrected chi connectivity index (χ3v) is 2.82. The van der Waals surface area contributed by atoms with Gasteiger partial charge in [-0.1, -0.05) is 0 Å². The molecule has 3 aromatic rings. The monoisotopic (exact) mass is 227 g/mol. The first-order chi connectivity index (χ1) is 8.36. The van der Waals surface area contributed by atoms with Crippen molar-refractivity contribution in [3.05, 3.63) is 60.1 Å². The Morgan fingerprint density at radius 2 is 2.29 bits per heavy atom. The van der Waals surface area contributed by atoms with Gasteiger partial charge < -0.3 is 14.6 Å². The average molecular weight is 227 g/mol. The normalized spacial score (nSPS) is 11.1. The summed E-state index contributed by atoms with van der Waals surface area (Å²) in [4.78, 5) is 4.41. The van der Waals surface area contributed by atoms with Crippen molar-refractivity contribution in [1.29, 1.82) is 0 Å². The van der Waals surface area contributed by atoms with Crippen LogP contribution in [-0.2, 0) is 13.0 Å². The first-order valence-corrected chi connectivity index (χ1v) is 5.54. The van der Waals surface area contributed by atoms with Crippen LogP contribution in [0.1, 0.15) is 17.1 Å². The molecule has 0 unspecified atom stereocenters. The smallest absolute Gasteiger partial charge is 0.120 e. The predicted molar refractivity (Wildman–Crippen MR) is 64.6 cm³/mol. The van der Waals surface area contributed by atoms with E-state index in [2.05, 4.69) is 15.5 Å². The van der Waals surface area contributed by atoms with Crippen molar-refractivity contribution >= 4 is 5.52 Å². The summed E-state index contributed by atoms with van der Waals surface area (Å²) in [6, 6.07) is 7.91. The molecule has 3 rings (SSSR count). The maximum Gasteiger partial charge on any atom is 0.120 e. The topological polar surface area (TPSA) is 56.5 Å². The zero-order valence-electron chi connectivity index (χ0n) is 9.34. The zero-order chi connectivity index (χ0) is 11.7. The fourth-order valence-corrected chi connectivity index (χ4v) is 1.93. The van der Waals surface area contributed by atoms with Crippen molar-refractivity contribution in [2.75, 3.05) is 0 Å². The Labute approximate surface area is 98.7 Å². The molecule has 4 nitrogen and oxygen atoms in total. The molecule has 0 atom stereocenters. The number of aromatic nitrogens is 2. The summed E-state index contributed by atoms with van der Waals surface area (Å²) in [6.45, 7) is 0.551. The SMILES string of the molecule is NCc1ccn2c(Cc3ccco3)ncc2c1. The Morgan fingerprint density at radius 3 is 3.06 bits per heavy atom. The molecule has 0 aliphatic carbocycles. The number of hydrogen-bond acceptors (Lipinski definition) is 3. The van der Waals surface area contributed by atoms with Crippen LogP contribution in [0.3, 0.4) is 0 Å². The number of imidazole rings is 1. The van der Waals surface area contributed by atoms with Gasteiger partial charge in [-0.15, -0.1) is 0 Å². The van der Waals surface area contributed by atoms with E-state index in [1.54, 1.807) is 6.26 Å². The number of nitrogens with zero attached hydrogens (tertiary/aromatic N) is 2. The second-order valence-electron chi connectivity index (χ2n) is 3.96. The van der Waals surface area contributed by atoms with Gasteiger partial charge in [0.2, 0.25) is 0 Å². The Morgan fingerprint density at radius 1 is 1.35 bits per heavy atom. The molecule has 0 saturated heterocycles. The van der Waals surface area contributed by atoms with Crippen LogP contribution < -0.4 is 5.73 Å².